The standard InChI is InChI=1S/C41H84NO2.ClH/c1-5-7-9-11-13-15-17-19-21-23-25-27-29-31-33-35-37-42(3,4)39-41(43)40-44-38-36-34-32-30-28-26-24-22-20-18-16-14-12-10-8-6-2;/h19,21,41,43H,5-18,20,22-40H2,1-4H3;1H/q+1;/p-1. The molecule has 0 aliphatic carbocycles. The van der Waals surface area contributed by atoms with E-state index in [1.807, 2.05) is 0 Å². The van der Waals surface area contributed by atoms with Crippen LogP contribution in [0.5, 0.6) is 0 Å². The van der Waals surface area contributed by atoms with E-state index in [9.17, 15) is 5.11 Å². The second-order valence-corrected chi connectivity index (χ2v) is 14.8. The number of aliphatic hydroxyl groups is 1. The molecule has 0 spiro atoms. The maximum absolute atomic E-state index is 10.5. The fourth-order valence-corrected chi connectivity index (χ4v) is 6.47. The summed E-state index contributed by atoms with van der Waals surface area (Å²) in [5, 5.41) is 10.5. The third-order valence-corrected chi connectivity index (χ3v) is 9.43. The number of hydrogen-bond donors (Lipinski definition) is 1. The molecule has 0 aliphatic rings. The minimum Gasteiger partial charge on any atom is -1.00 e. The lowest BCUT2D eigenvalue weighted by atomic mass is 10.0. The van der Waals surface area contributed by atoms with Crippen LogP contribution in [0.3, 0.4) is 0 Å². The molecular weight excluding hydrogens is 574 g/mol. The predicted octanol–water partition coefficient (Wildman–Crippen LogP) is 9.74. The minimum absolute atomic E-state index is 0. The highest BCUT2D eigenvalue weighted by atomic mass is 35.5. The fourth-order valence-electron chi connectivity index (χ4n) is 6.47. The Kier molecular flexibility index (Phi) is 40.1. The fraction of sp³-hybridized carbons (Fsp3) is 0.951. The second kappa shape index (κ2) is 38.4. The number of ether oxygens (including phenoxy) is 1. The third kappa shape index (κ3) is 40.0. The van der Waals surface area contributed by atoms with Crippen LogP contribution < -0.4 is 12.4 Å². The average Bonchev–Trinajstić information content (AvgIpc) is 3.00. The molecule has 4 heteroatoms. The van der Waals surface area contributed by atoms with Crippen LogP contribution in [0.15, 0.2) is 12.2 Å². The van der Waals surface area contributed by atoms with Crippen molar-refractivity contribution in [2.75, 3.05) is 40.4 Å². The van der Waals surface area contributed by atoms with Crippen molar-refractivity contribution in [3.63, 3.8) is 0 Å². The number of allylic oxidation sites excluding steroid dienone is 2. The Morgan fingerprint density at radius 1 is 0.489 bits per heavy atom. The molecule has 0 fully saturated rings. The molecule has 0 radical (unpaired) electrons. The first-order chi connectivity index (χ1) is 21.5. The summed E-state index contributed by atoms with van der Waals surface area (Å²) in [5.41, 5.74) is 0. The maximum Gasteiger partial charge on any atom is 0.126 e. The highest BCUT2D eigenvalue weighted by molar-refractivity contribution is 4.81. The minimum atomic E-state index is -0.347. The zero-order valence-electron chi connectivity index (χ0n) is 31.5. The Balaban J connectivity index is 0. The summed E-state index contributed by atoms with van der Waals surface area (Å²) in [6, 6.07) is 0. The summed E-state index contributed by atoms with van der Waals surface area (Å²) in [6.45, 7) is 7.83. The van der Waals surface area contributed by atoms with Crippen LogP contribution in [0, 0.1) is 0 Å². The summed E-state index contributed by atoms with van der Waals surface area (Å²) >= 11 is 0. The monoisotopic (exact) mass is 658 g/mol. The van der Waals surface area contributed by atoms with Crippen LogP contribution in [0.2, 0.25) is 0 Å². The van der Waals surface area contributed by atoms with Gasteiger partial charge >= 0.3 is 0 Å². The Bertz CT molecular complexity index is 568. The van der Waals surface area contributed by atoms with Gasteiger partial charge in [-0.1, -0.05) is 174 Å². The quantitative estimate of drug-likeness (QED) is 0.0409. The molecule has 3 nitrogen and oxygen atoms in total. The molecule has 0 amide bonds. The first kappa shape index (κ1) is 47.0. The van der Waals surface area contributed by atoms with E-state index in [2.05, 4.69) is 40.1 Å². The number of quaternary nitrogens is 1. The lowest BCUT2D eigenvalue weighted by molar-refractivity contribution is -0.893. The molecular formula is C41H84ClNO2. The number of unbranched alkanes of at least 4 members (excludes halogenated alkanes) is 27. The van der Waals surface area contributed by atoms with Crippen LogP contribution in [0.4, 0.5) is 0 Å². The molecule has 0 heterocycles. The van der Waals surface area contributed by atoms with Crippen LogP contribution in [-0.4, -0.2) is 56.1 Å². The van der Waals surface area contributed by atoms with E-state index in [1.54, 1.807) is 0 Å². The summed E-state index contributed by atoms with van der Waals surface area (Å²) in [6.07, 6.45) is 45.8. The average molecular weight is 659 g/mol. The summed E-state index contributed by atoms with van der Waals surface area (Å²) < 4.78 is 6.73. The molecule has 0 rings (SSSR count). The van der Waals surface area contributed by atoms with Crippen molar-refractivity contribution in [2.24, 2.45) is 0 Å². The van der Waals surface area contributed by atoms with Gasteiger partial charge in [-0.3, -0.25) is 0 Å². The van der Waals surface area contributed by atoms with E-state index in [0.717, 1.165) is 30.6 Å². The van der Waals surface area contributed by atoms with Crippen molar-refractivity contribution in [1.82, 2.24) is 0 Å². The van der Waals surface area contributed by atoms with Crippen molar-refractivity contribution in [2.45, 2.75) is 213 Å². The van der Waals surface area contributed by atoms with Gasteiger partial charge < -0.3 is 26.7 Å². The van der Waals surface area contributed by atoms with Crippen molar-refractivity contribution in [1.29, 1.82) is 0 Å². The molecule has 1 unspecified atom stereocenters. The molecule has 0 aromatic rings. The summed E-state index contributed by atoms with van der Waals surface area (Å²) in [7, 11) is 4.52. The van der Waals surface area contributed by atoms with E-state index < -0.39 is 0 Å². The number of nitrogens with zero attached hydrogens (tertiary/aromatic N) is 1. The Hall–Kier alpha value is -0.0900. The molecule has 0 aromatic heterocycles. The van der Waals surface area contributed by atoms with Crippen molar-refractivity contribution < 1.29 is 26.7 Å². The van der Waals surface area contributed by atoms with Crippen molar-refractivity contribution in [3.05, 3.63) is 12.2 Å². The largest absolute Gasteiger partial charge is 1.00 e. The number of halogens is 1. The van der Waals surface area contributed by atoms with E-state index in [1.165, 1.54) is 186 Å². The van der Waals surface area contributed by atoms with Gasteiger partial charge in [-0.2, -0.15) is 0 Å². The number of hydrogen-bond acceptors (Lipinski definition) is 2. The number of likely N-dealkylation sites (N-methyl/N-ethyl adjacent to an activating group) is 1. The van der Waals surface area contributed by atoms with Gasteiger partial charge in [-0.25, -0.2) is 0 Å². The normalized spacial score (nSPS) is 12.6. The zero-order chi connectivity index (χ0) is 32.2. The highest BCUT2D eigenvalue weighted by Crippen LogP contribution is 2.15. The molecule has 1 N–H and O–H groups in total. The van der Waals surface area contributed by atoms with Crippen LogP contribution in [0.25, 0.3) is 0 Å². The molecule has 0 bridgehead atoms. The molecule has 0 aromatic carbocycles. The van der Waals surface area contributed by atoms with Gasteiger partial charge in [0.05, 0.1) is 27.2 Å². The van der Waals surface area contributed by atoms with E-state index >= 15 is 0 Å². The third-order valence-electron chi connectivity index (χ3n) is 9.43. The van der Waals surface area contributed by atoms with Gasteiger partial charge in [-0.05, 0) is 44.9 Å². The SMILES string of the molecule is CCCCCCCCC=CCCCCCCCC[N+](C)(C)CC(O)COCCCCCCCCCCCCCCCCCC.[Cl-]. The number of rotatable bonds is 37. The summed E-state index contributed by atoms with van der Waals surface area (Å²) in [4.78, 5) is 0. The topological polar surface area (TPSA) is 29.5 Å². The van der Waals surface area contributed by atoms with E-state index in [4.69, 9.17) is 4.74 Å². The highest BCUT2D eigenvalue weighted by Gasteiger charge is 2.20. The zero-order valence-corrected chi connectivity index (χ0v) is 32.2. The summed E-state index contributed by atoms with van der Waals surface area (Å²) in [5.74, 6) is 0. The Labute approximate surface area is 291 Å². The van der Waals surface area contributed by atoms with Crippen LogP contribution in [0.1, 0.15) is 206 Å². The molecule has 0 saturated carbocycles. The van der Waals surface area contributed by atoms with E-state index in [-0.39, 0.29) is 18.5 Å². The molecule has 1 atom stereocenters. The van der Waals surface area contributed by atoms with Crippen molar-refractivity contribution in [3.8, 4) is 0 Å². The first-order valence-corrected chi connectivity index (χ1v) is 20.2. The Morgan fingerprint density at radius 2 is 0.822 bits per heavy atom. The van der Waals surface area contributed by atoms with Gasteiger partial charge in [0.1, 0.15) is 12.6 Å². The van der Waals surface area contributed by atoms with Gasteiger partial charge in [0.25, 0.3) is 0 Å². The number of aliphatic hydroxyl groups excluding tert-OH is 1. The molecule has 272 valence electrons. The first-order valence-electron chi connectivity index (χ1n) is 20.2. The second-order valence-electron chi connectivity index (χ2n) is 14.8. The molecule has 0 aliphatic heterocycles. The van der Waals surface area contributed by atoms with Gasteiger partial charge in [0.2, 0.25) is 0 Å². The Morgan fingerprint density at radius 3 is 1.22 bits per heavy atom. The van der Waals surface area contributed by atoms with Crippen LogP contribution >= 0.6 is 0 Å². The van der Waals surface area contributed by atoms with Gasteiger partial charge in [0.15, 0.2) is 0 Å². The lowest BCUT2D eigenvalue weighted by Gasteiger charge is -2.32. The lowest BCUT2D eigenvalue weighted by Crippen LogP contribution is -3.00. The maximum atomic E-state index is 10.5. The van der Waals surface area contributed by atoms with Gasteiger partial charge in [-0.15, -0.1) is 0 Å². The molecule has 0 saturated heterocycles. The van der Waals surface area contributed by atoms with Gasteiger partial charge in [0, 0.05) is 6.61 Å². The molecule has 45 heavy (non-hydrogen) atoms. The predicted molar refractivity (Wildman–Crippen MR) is 198 cm³/mol. The van der Waals surface area contributed by atoms with E-state index in [0.29, 0.717) is 6.61 Å². The van der Waals surface area contributed by atoms with Crippen molar-refractivity contribution >= 4 is 0 Å². The van der Waals surface area contributed by atoms with Crippen LogP contribution in [-0.2, 0) is 4.74 Å². The smallest absolute Gasteiger partial charge is 0.126 e.